The number of hydrogen-bond acceptors (Lipinski definition) is 6. The summed E-state index contributed by atoms with van der Waals surface area (Å²) in [4.78, 5) is 12.6. The zero-order chi connectivity index (χ0) is 20.7. The first kappa shape index (κ1) is 24.0. The molecule has 2 rings (SSSR count). The van der Waals surface area contributed by atoms with E-state index >= 15 is 0 Å². The quantitative estimate of drug-likeness (QED) is 0.281. The molecule has 0 amide bonds. The van der Waals surface area contributed by atoms with Gasteiger partial charge in [-0.25, -0.2) is 0 Å². The molecule has 2 aromatic carbocycles. The van der Waals surface area contributed by atoms with Gasteiger partial charge in [0, 0.05) is 24.4 Å². The van der Waals surface area contributed by atoms with Crippen LogP contribution in [0.1, 0.15) is 12.5 Å². The van der Waals surface area contributed by atoms with Crippen molar-refractivity contribution in [2.24, 2.45) is 10.2 Å². The van der Waals surface area contributed by atoms with Crippen LogP contribution in [0.5, 0.6) is 0 Å². The molecule has 0 atom stereocenters. The second kappa shape index (κ2) is 10.5. The second-order valence-electron chi connectivity index (χ2n) is 7.38. The van der Waals surface area contributed by atoms with Crippen LogP contribution in [0.25, 0.3) is 0 Å². The standard InChI is InChI=1S/C20H25N6O2.ClH/c1-5-24(12-13-26(2,3)4)18-8-6-17(7-9-18)22-23-20-11-10-19(25(27)28)14-16(20)15-21;/h6-11,14H,5,12-13H2,1-4H3;1H/q+1;/p-1. The van der Waals surface area contributed by atoms with Crippen LogP contribution in [0.4, 0.5) is 22.7 Å². The smallest absolute Gasteiger partial charge is 0.270 e. The molecule has 0 N–H and O–H groups in total. The number of hydrogen-bond donors (Lipinski definition) is 0. The SMILES string of the molecule is CCN(CC[N+](C)(C)C)c1ccc(N=Nc2ccc([N+](=O)[O-])cc2C#N)cc1.[Cl-]. The number of likely N-dealkylation sites (N-methyl/N-ethyl adjacent to an activating group) is 2. The zero-order valence-corrected chi connectivity index (χ0v) is 17.8. The van der Waals surface area contributed by atoms with Gasteiger partial charge in [0.25, 0.3) is 5.69 Å². The van der Waals surface area contributed by atoms with Crippen molar-refractivity contribution in [1.82, 2.24) is 0 Å². The lowest BCUT2D eigenvalue weighted by atomic mass is 10.2. The van der Waals surface area contributed by atoms with E-state index in [-0.39, 0.29) is 23.7 Å². The van der Waals surface area contributed by atoms with Gasteiger partial charge in [0.05, 0.1) is 50.4 Å². The molecule has 0 aliphatic carbocycles. The van der Waals surface area contributed by atoms with Gasteiger partial charge in [-0.15, -0.1) is 5.11 Å². The van der Waals surface area contributed by atoms with Crippen molar-refractivity contribution < 1.29 is 21.8 Å². The number of non-ortho nitro benzene ring substituents is 1. The van der Waals surface area contributed by atoms with Crippen molar-refractivity contribution >= 4 is 22.7 Å². The normalized spacial score (nSPS) is 11.0. The fourth-order valence-corrected chi connectivity index (χ4v) is 2.55. The van der Waals surface area contributed by atoms with E-state index in [9.17, 15) is 15.4 Å². The Morgan fingerprint density at radius 3 is 2.31 bits per heavy atom. The molecule has 0 radical (unpaired) electrons. The average Bonchev–Trinajstić information content (AvgIpc) is 2.66. The van der Waals surface area contributed by atoms with Crippen molar-refractivity contribution in [2.75, 3.05) is 45.7 Å². The summed E-state index contributed by atoms with van der Waals surface area (Å²) in [5, 5.41) is 28.2. The number of nitrogens with zero attached hydrogens (tertiary/aromatic N) is 6. The monoisotopic (exact) mass is 416 g/mol. The number of azo groups is 1. The predicted octanol–water partition coefficient (Wildman–Crippen LogP) is 1.42. The Labute approximate surface area is 177 Å². The molecule has 0 spiro atoms. The summed E-state index contributed by atoms with van der Waals surface area (Å²) in [5.41, 5.74) is 2.03. The van der Waals surface area contributed by atoms with Gasteiger partial charge in [0.15, 0.2) is 0 Å². The van der Waals surface area contributed by atoms with Crippen molar-refractivity contribution in [3.63, 3.8) is 0 Å². The first-order valence-corrected chi connectivity index (χ1v) is 8.99. The fourth-order valence-electron chi connectivity index (χ4n) is 2.55. The average molecular weight is 417 g/mol. The van der Waals surface area contributed by atoms with Crippen LogP contribution < -0.4 is 17.3 Å². The van der Waals surface area contributed by atoms with Crippen LogP contribution in [0.2, 0.25) is 0 Å². The highest BCUT2D eigenvalue weighted by Gasteiger charge is 2.12. The van der Waals surface area contributed by atoms with Gasteiger partial charge in [-0.1, -0.05) is 0 Å². The minimum atomic E-state index is -0.543. The summed E-state index contributed by atoms with van der Waals surface area (Å²) in [7, 11) is 6.51. The molecule has 0 fully saturated rings. The number of nitriles is 1. The molecule has 0 unspecified atom stereocenters. The Hall–Kier alpha value is -3.02. The van der Waals surface area contributed by atoms with Crippen LogP contribution in [0.15, 0.2) is 52.7 Å². The van der Waals surface area contributed by atoms with Crippen molar-refractivity contribution in [3.05, 3.63) is 58.1 Å². The number of anilines is 1. The Morgan fingerprint density at radius 1 is 1.14 bits per heavy atom. The van der Waals surface area contributed by atoms with Crippen LogP contribution >= 0.6 is 0 Å². The van der Waals surface area contributed by atoms with Gasteiger partial charge < -0.3 is 21.8 Å². The summed E-state index contributed by atoms with van der Waals surface area (Å²) >= 11 is 0. The van der Waals surface area contributed by atoms with Crippen LogP contribution in [0.3, 0.4) is 0 Å². The van der Waals surface area contributed by atoms with Gasteiger partial charge in [-0.05, 0) is 37.3 Å². The summed E-state index contributed by atoms with van der Waals surface area (Å²) in [6.45, 7) is 5.03. The van der Waals surface area contributed by atoms with Crippen LogP contribution in [-0.4, -0.2) is 50.2 Å². The Balaban J connectivity index is 0.00000420. The van der Waals surface area contributed by atoms with E-state index in [0.717, 1.165) is 29.8 Å². The van der Waals surface area contributed by atoms with Crippen molar-refractivity contribution in [1.29, 1.82) is 5.26 Å². The third-order valence-corrected chi connectivity index (χ3v) is 4.22. The molecule has 0 aliphatic heterocycles. The number of nitro benzene ring substituents is 1. The summed E-state index contributed by atoms with van der Waals surface area (Å²) in [6.07, 6.45) is 0. The van der Waals surface area contributed by atoms with Gasteiger partial charge in [0.2, 0.25) is 0 Å². The molecule has 0 bridgehead atoms. The molecule has 2 aromatic rings. The first-order valence-electron chi connectivity index (χ1n) is 8.99. The van der Waals surface area contributed by atoms with Crippen LogP contribution in [-0.2, 0) is 0 Å². The highest BCUT2D eigenvalue weighted by atomic mass is 35.5. The van der Waals surface area contributed by atoms with Crippen molar-refractivity contribution in [3.8, 4) is 6.07 Å². The highest BCUT2D eigenvalue weighted by Crippen LogP contribution is 2.27. The predicted molar refractivity (Wildman–Crippen MR) is 109 cm³/mol. The molecule has 0 saturated carbocycles. The Morgan fingerprint density at radius 2 is 1.79 bits per heavy atom. The number of rotatable bonds is 8. The topological polar surface area (TPSA) is 94.9 Å². The lowest BCUT2D eigenvalue weighted by Crippen LogP contribution is -3.00. The van der Waals surface area contributed by atoms with Gasteiger partial charge >= 0.3 is 0 Å². The summed E-state index contributed by atoms with van der Waals surface area (Å²) < 4.78 is 0.902. The lowest BCUT2D eigenvalue weighted by molar-refractivity contribution is -0.868. The first-order chi connectivity index (χ1) is 13.2. The molecule has 0 aliphatic rings. The van der Waals surface area contributed by atoms with Crippen LogP contribution in [0, 0.1) is 21.4 Å². The van der Waals surface area contributed by atoms with E-state index in [1.807, 2.05) is 30.3 Å². The Bertz CT molecular complexity index is 901. The molecule has 0 saturated heterocycles. The van der Waals surface area contributed by atoms with Gasteiger partial charge in [-0.3, -0.25) is 10.1 Å². The number of halogens is 1. The number of nitro groups is 1. The molecule has 0 aromatic heterocycles. The molecule has 8 nitrogen and oxygen atoms in total. The maximum Gasteiger partial charge on any atom is 0.270 e. The third kappa shape index (κ3) is 7.14. The second-order valence-corrected chi connectivity index (χ2v) is 7.38. The minimum absolute atomic E-state index is 0. The van der Waals surface area contributed by atoms with E-state index in [1.54, 1.807) is 0 Å². The summed E-state index contributed by atoms with van der Waals surface area (Å²) in [5.74, 6) is 0. The maximum atomic E-state index is 10.8. The van der Waals surface area contributed by atoms with E-state index < -0.39 is 4.92 Å². The van der Waals surface area contributed by atoms with E-state index in [1.165, 1.54) is 18.2 Å². The molecule has 9 heteroatoms. The summed E-state index contributed by atoms with van der Waals surface area (Å²) in [6, 6.07) is 13.6. The molecule has 29 heavy (non-hydrogen) atoms. The fraction of sp³-hybridized carbons (Fsp3) is 0.350. The van der Waals surface area contributed by atoms with E-state index in [0.29, 0.717) is 11.4 Å². The molecule has 0 heterocycles. The molecule has 154 valence electrons. The third-order valence-electron chi connectivity index (χ3n) is 4.22. The van der Waals surface area contributed by atoms with Gasteiger partial charge in [0.1, 0.15) is 11.8 Å². The Kier molecular flexibility index (Phi) is 8.70. The highest BCUT2D eigenvalue weighted by molar-refractivity contribution is 5.58. The van der Waals surface area contributed by atoms with E-state index in [2.05, 4.69) is 43.2 Å². The lowest BCUT2D eigenvalue weighted by Gasteiger charge is -2.29. The number of benzene rings is 2. The molecular weight excluding hydrogens is 392 g/mol. The van der Waals surface area contributed by atoms with Gasteiger partial charge in [-0.2, -0.15) is 10.4 Å². The van der Waals surface area contributed by atoms with E-state index in [4.69, 9.17) is 0 Å². The number of quaternary nitrogens is 1. The largest absolute Gasteiger partial charge is 1.00 e. The minimum Gasteiger partial charge on any atom is -1.00 e. The van der Waals surface area contributed by atoms with Crippen molar-refractivity contribution in [2.45, 2.75) is 6.92 Å². The zero-order valence-electron chi connectivity index (χ0n) is 17.0. The molecular formula is C20H25ClN6O2. The maximum absolute atomic E-state index is 10.8.